The Morgan fingerprint density at radius 2 is 2.09 bits per heavy atom. The number of aromatic nitrogens is 1. The number of carbonyl (C=O) groups is 1. The van der Waals surface area contributed by atoms with Crippen LogP contribution in [0.5, 0.6) is 5.75 Å². The zero-order chi connectivity index (χ0) is 15.5. The Kier molecular flexibility index (Phi) is 3.65. The van der Waals surface area contributed by atoms with E-state index in [1.165, 1.54) is 0 Å². The first-order valence-corrected chi connectivity index (χ1v) is 6.73. The third-order valence-electron chi connectivity index (χ3n) is 3.16. The summed E-state index contributed by atoms with van der Waals surface area (Å²) in [5.41, 5.74) is 2.50. The lowest BCUT2D eigenvalue weighted by Crippen LogP contribution is -2.20. The highest BCUT2D eigenvalue weighted by Gasteiger charge is 2.07. The van der Waals surface area contributed by atoms with Crippen LogP contribution in [0.25, 0.3) is 11.1 Å². The highest BCUT2D eigenvalue weighted by atomic mass is 16.5. The Bertz CT molecular complexity index is 879. The van der Waals surface area contributed by atoms with Gasteiger partial charge >= 0.3 is 5.76 Å². The molecule has 0 radical (unpaired) electrons. The molecule has 2 N–H and O–H groups in total. The summed E-state index contributed by atoms with van der Waals surface area (Å²) in [7, 11) is 0. The van der Waals surface area contributed by atoms with Gasteiger partial charge < -0.3 is 14.5 Å². The van der Waals surface area contributed by atoms with E-state index in [4.69, 9.17) is 9.15 Å². The zero-order valence-corrected chi connectivity index (χ0v) is 11.9. The summed E-state index contributed by atoms with van der Waals surface area (Å²) < 4.78 is 10.4. The predicted molar refractivity (Wildman–Crippen MR) is 82.1 cm³/mol. The van der Waals surface area contributed by atoms with Crippen LogP contribution >= 0.6 is 0 Å². The molecule has 2 aromatic carbocycles. The van der Waals surface area contributed by atoms with E-state index in [1.54, 1.807) is 18.2 Å². The molecular weight excluding hydrogens is 284 g/mol. The van der Waals surface area contributed by atoms with Crippen LogP contribution in [0.2, 0.25) is 0 Å². The van der Waals surface area contributed by atoms with Gasteiger partial charge in [0, 0.05) is 5.69 Å². The van der Waals surface area contributed by atoms with Gasteiger partial charge in [-0.2, -0.15) is 0 Å². The number of nitrogens with one attached hydrogen (secondary N) is 2. The summed E-state index contributed by atoms with van der Waals surface area (Å²) in [6.07, 6.45) is 0. The van der Waals surface area contributed by atoms with Crippen molar-refractivity contribution in [3.63, 3.8) is 0 Å². The Morgan fingerprint density at radius 3 is 2.91 bits per heavy atom. The molecule has 6 heteroatoms. The minimum atomic E-state index is -0.527. The maximum atomic E-state index is 11.9. The summed E-state index contributed by atoms with van der Waals surface area (Å²) in [5, 5.41) is 2.71. The van der Waals surface area contributed by atoms with Crippen LogP contribution in [-0.2, 0) is 4.79 Å². The molecule has 0 aliphatic rings. The summed E-state index contributed by atoms with van der Waals surface area (Å²) in [4.78, 5) is 25.5. The first kappa shape index (κ1) is 13.9. The summed E-state index contributed by atoms with van der Waals surface area (Å²) in [6.45, 7) is 1.82. The van der Waals surface area contributed by atoms with Crippen molar-refractivity contribution in [2.24, 2.45) is 0 Å². The number of anilines is 1. The van der Waals surface area contributed by atoms with Crippen molar-refractivity contribution >= 4 is 22.7 Å². The number of H-pyrrole nitrogens is 1. The molecule has 0 atom stereocenters. The van der Waals surface area contributed by atoms with Crippen LogP contribution in [0.3, 0.4) is 0 Å². The molecule has 1 amide bonds. The number of fused-ring (bicyclic) bond motifs is 1. The van der Waals surface area contributed by atoms with Gasteiger partial charge in [-0.1, -0.05) is 18.2 Å². The molecule has 1 aromatic heterocycles. The van der Waals surface area contributed by atoms with Gasteiger partial charge in [-0.3, -0.25) is 9.78 Å². The van der Waals surface area contributed by atoms with E-state index in [1.807, 2.05) is 31.2 Å². The van der Waals surface area contributed by atoms with Crippen LogP contribution in [0.1, 0.15) is 5.56 Å². The van der Waals surface area contributed by atoms with E-state index >= 15 is 0 Å². The molecule has 22 heavy (non-hydrogen) atoms. The molecule has 1 heterocycles. The predicted octanol–water partition coefficient (Wildman–Crippen LogP) is 2.45. The molecule has 0 fully saturated rings. The third kappa shape index (κ3) is 3.01. The number of ether oxygens (including phenoxy) is 1. The largest absolute Gasteiger partial charge is 0.483 e. The Balaban J connectivity index is 1.65. The van der Waals surface area contributed by atoms with Gasteiger partial charge in [-0.15, -0.1) is 0 Å². The van der Waals surface area contributed by atoms with Crippen molar-refractivity contribution in [2.45, 2.75) is 6.92 Å². The normalized spacial score (nSPS) is 10.6. The van der Waals surface area contributed by atoms with E-state index in [0.29, 0.717) is 22.5 Å². The molecule has 112 valence electrons. The summed E-state index contributed by atoms with van der Waals surface area (Å²) in [6, 6.07) is 12.4. The van der Waals surface area contributed by atoms with Crippen LogP contribution in [0, 0.1) is 6.92 Å². The summed E-state index contributed by atoms with van der Waals surface area (Å²) in [5.74, 6) is -0.137. The third-order valence-corrected chi connectivity index (χ3v) is 3.16. The van der Waals surface area contributed by atoms with E-state index < -0.39 is 5.76 Å². The maximum absolute atomic E-state index is 11.9. The van der Waals surface area contributed by atoms with Crippen LogP contribution in [0.15, 0.2) is 51.7 Å². The fourth-order valence-corrected chi connectivity index (χ4v) is 2.09. The number of hydrogen-bond acceptors (Lipinski definition) is 4. The topological polar surface area (TPSA) is 84.3 Å². The van der Waals surface area contributed by atoms with Gasteiger partial charge in [0.25, 0.3) is 5.91 Å². The lowest BCUT2D eigenvalue weighted by Gasteiger charge is -2.09. The van der Waals surface area contributed by atoms with Crippen molar-refractivity contribution in [1.29, 1.82) is 0 Å². The van der Waals surface area contributed by atoms with Crippen LogP contribution in [0.4, 0.5) is 5.69 Å². The number of aromatic amines is 1. The fraction of sp³-hybridized carbons (Fsp3) is 0.125. The van der Waals surface area contributed by atoms with Gasteiger partial charge in [-0.25, -0.2) is 4.79 Å². The second-order valence-electron chi connectivity index (χ2n) is 4.83. The number of benzene rings is 2. The molecule has 0 saturated carbocycles. The van der Waals surface area contributed by atoms with Gasteiger partial charge in [0.2, 0.25) is 0 Å². The fourth-order valence-electron chi connectivity index (χ4n) is 2.09. The van der Waals surface area contributed by atoms with Gasteiger partial charge in [0.1, 0.15) is 5.75 Å². The van der Waals surface area contributed by atoms with Crippen molar-refractivity contribution < 1.29 is 13.9 Å². The van der Waals surface area contributed by atoms with Crippen molar-refractivity contribution in [2.75, 3.05) is 11.9 Å². The molecule has 0 saturated heterocycles. The summed E-state index contributed by atoms with van der Waals surface area (Å²) >= 11 is 0. The highest BCUT2D eigenvalue weighted by molar-refractivity contribution is 5.93. The minimum absolute atomic E-state index is 0.0925. The lowest BCUT2D eigenvalue weighted by atomic mass is 10.2. The first-order valence-electron chi connectivity index (χ1n) is 6.73. The number of aryl methyl sites for hydroxylation is 1. The number of carbonyl (C=O) groups excluding carboxylic acids is 1. The van der Waals surface area contributed by atoms with Crippen molar-refractivity contribution in [3.8, 4) is 5.75 Å². The molecular formula is C16H14N2O4. The number of hydrogen-bond donors (Lipinski definition) is 2. The highest BCUT2D eigenvalue weighted by Crippen LogP contribution is 2.17. The average molecular weight is 298 g/mol. The average Bonchev–Trinajstić information content (AvgIpc) is 2.86. The van der Waals surface area contributed by atoms with E-state index in [0.717, 1.165) is 5.56 Å². The SMILES string of the molecule is Cc1ccccc1OCC(=O)Nc1ccc2oc(=O)[nH]c2c1. The monoisotopic (exact) mass is 298 g/mol. The maximum Gasteiger partial charge on any atom is 0.417 e. The minimum Gasteiger partial charge on any atom is -0.483 e. The number of oxazole rings is 1. The Hall–Kier alpha value is -3.02. The Labute approximate surface area is 125 Å². The standard InChI is InChI=1S/C16H14N2O4/c1-10-4-2-3-5-13(10)21-9-15(19)17-11-6-7-14-12(8-11)18-16(20)22-14/h2-8H,9H2,1H3,(H,17,19)(H,18,20). The molecule has 0 aliphatic heterocycles. The molecule has 3 aromatic rings. The van der Waals surface area contributed by atoms with Crippen LogP contribution in [-0.4, -0.2) is 17.5 Å². The zero-order valence-electron chi connectivity index (χ0n) is 11.9. The van der Waals surface area contributed by atoms with Crippen molar-refractivity contribution in [3.05, 3.63) is 58.6 Å². The second kappa shape index (κ2) is 5.77. The molecule has 0 bridgehead atoms. The van der Waals surface area contributed by atoms with Gasteiger partial charge in [-0.05, 0) is 36.8 Å². The Morgan fingerprint density at radius 1 is 1.27 bits per heavy atom. The van der Waals surface area contributed by atoms with E-state index in [-0.39, 0.29) is 12.5 Å². The van der Waals surface area contributed by atoms with E-state index in [2.05, 4.69) is 10.3 Å². The number of amides is 1. The molecule has 6 nitrogen and oxygen atoms in total. The smallest absolute Gasteiger partial charge is 0.417 e. The second-order valence-corrected chi connectivity index (χ2v) is 4.83. The quantitative estimate of drug-likeness (QED) is 0.775. The van der Waals surface area contributed by atoms with E-state index in [9.17, 15) is 9.59 Å². The molecule has 0 unspecified atom stereocenters. The number of rotatable bonds is 4. The van der Waals surface area contributed by atoms with Gasteiger partial charge in [0.15, 0.2) is 12.2 Å². The lowest BCUT2D eigenvalue weighted by molar-refractivity contribution is -0.118. The molecule has 0 spiro atoms. The molecule has 3 rings (SSSR count). The van der Waals surface area contributed by atoms with Crippen molar-refractivity contribution in [1.82, 2.24) is 4.98 Å². The number of para-hydroxylation sites is 1. The molecule has 0 aliphatic carbocycles. The van der Waals surface area contributed by atoms with Crippen LogP contribution < -0.4 is 15.8 Å². The van der Waals surface area contributed by atoms with Gasteiger partial charge in [0.05, 0.1) is 5.52 Å². The first-order chi connectivity index (χ1) is 10.6.